The van der Waals surface area contributed by atoms with Crippen molar-refractivity contribution in [3.05, 3.63) is 76.6 Å². The molecule has 11 heteroatoms. The van der Waals surface area contributed by atoms with Crippen molar-refractivity contribution in [3.63, 3.8) is 0 Å². The van der Waals surface area contributed by atoms with E-state index in [1.807, 2.05) is 13.8 Å². The van der Waals surface area contributed by atoms with Crippen LogP contribution in [0.5, 0.6) is 0 Å². The summed E-state index contributed by atoms with van der Waals surface area (Å²) in [5.41, 5.74) is 5.07. The molecule has 0 aliphatic rings. The summed E-state index contributed by atoms with van der Waals surface area (Å²) in [5, 5.41) is 3.85. The lowest BCUT2D eigenvalue weighted by atomic mass is 10.2. The fraction of sp³-hybridized carbons (Fsp3) is 0.143. The highest BCUT2D eigenvalue weighted by Gasteiger charge is 2.15. The Kier molecular flexibility index (Phi) is 6.22. The van der Waals surface area contributed by atoms with Crippen LogP contribution in [0, 0.1) is 0 Å². The molecule has 10 nitrogen and oxygen atoms in total. The molecule has 0 radical (unpaired) electrons. The Balaban J connectivity index is 0.00000119. The number of imidazole rings is 1. The van der Waals surface area contributed by atoms with E-state index in [0.29, 0.717) is 44.4 Å². The van der Waals surface area contributed by atoms with Crippen LogP contribution in [0.3, 0.4) is 0 Å². The Morgan fingerprint density at radius 1 is 1.12 bits per heavy atom. The van der Waals surface area contributed by atoms with Crippen LogP contribution in [0.25, 0.3) is 22.1 Å². The van der Waals surface area contributed by atoms with Crippen LogP contribution >= 0.6 is 11.6 Å². The number of anilines is 2. The Morgan fingerprint density at radius 3 is 2.81 bits per heavy atom. The molecule has 0 spiro atoms. The normalized spacial score (nSPS) is 10.6. The topological polar surface area (TPSA) is 126 Å². The van der Waals surface area contributed by atoms with Crippen molar-refractivity contribution >= 4 is 45.2 Å². The Hall–Kier alpha value is -4.05. The van der Waals surface area contributed by atoms with Crippen molar-refractivity contribution in [2.75, 3.05) is 10.7 Å². The highest BCUT2D eigenvalue weighted by Crippen LogP contribution is 2.20. The van der Waals surface area contributed by atoms with Gasteiger partial charge in [-0.3, -0.25) is 15.2 Å². The Bertz CT molecular complexity index is 1420. The average Bonchev–Trinajstić information content (AvgIpc) is 3.31. The summed E-state index contributed by atoms with van der Waals surface area (Å²) in [5.74, 6) is 0.982. The monoisotopic (exact) mass is 449 g/mol. The summed E-state index contributed by atoms with van der Waals surface area (Å²) in [4.78, 5) is 37.4. The van der Waals surface area contributed by atoms with Gasteiger partial charge in [-0.1, -0.05) is 31.5 Å². The van der Waals surface area contributed by atoms with Crippen LogP contribution in [0.4, 0.5) is 11.5 Å². The molecule has 162 valence electrons. The molecule has 4 aromatic heterocycles. The number of fused-ring (bicyclic) bond motifs is 2. The highest BCUT2D eigenvalue weighted by molar-refractivity contribution is 6.35. The lowest BCUT2D eigenvalue weighted by Gasteiger charge is -2.16. The van der Waals surface area contributed by atoms with Crippen molar-refractivity contribution in [2.24, 2.45) is 0 Å². The summed E-state index contributed by atoms with van der Waals surface area (Å²) in [6.07, 6.45) is 6.22. The molecule has 0 unspecified atom stereocenters. The molecular formula is C21H20ClN9O. The zero-order chi connectivity index (χ0) is 22.5. The van der Waals surface area contributed by atoms with E-state index in [1.54, 1.807) is 49.1 Å². The van der Waals surface area contributed by atoms with Crippen molar-refractivity contribution in [2.45, 2.75) is 20.4 Å². The zero-order valence-electron chi connectivity index (χ0n) is 17.4. The van der Waals surface area contributed by atoms with Gasteiger partial charge >= 0.3 is 0 Å². The lowest BCUT2D eigenvalue weighted by molar-refractivity contribution is 0.782. The molecule has 0 aliphatic carbocycles. The van der Waals surface area contributed by atoms with Crippen LogP contribution in [0.15, 0.2) is 60.2 Å². The second-order valence-corrected chi connectivity index (χ2v) is 6.74. The van der Waals surface area contributed by atoms with Crippen molar-refractivity contribution < 1.29 is 0 Å². The molecule has 32 heavy (non-hydrogen) atoms. The van der Waals surface area contributed by atoms with E-state index in [4.69, 9.17) is 11.6 Å². The first-order chi connectivity index (χ1) is 15.7. The summed E-state index contributed by atoms with van der Waals surface area (Å²) >= 11 is 6.28. The van der Waals surface area contributed by atoms with Crippen molar-refractivity contribution in [1.29, 1.82) is 0 Å². The minimum atomic E-state index is -0.319. The van der Waals surface area contributed by atoms with E-state index >= 15 is 0 Å². The second kappa shape index (κ2) is 9.40. The van der Waals surface area contributed by atoms with Gasteiger partial charge < -0.3 is 10.3 Å². The maximum Gasteiger partial charge on any atom is 0.281 e. The predicted molar refractivity (Wildman–Crippen MR) is 125 cm³/mol. The third-order valence-corrected chi connectivity index (χ3v) is 4.77. The zero-order valence-corrected chi connectivity index (χ0v) is 18.1. The summed E-state index contributed by atoms with van der Waals surface area (Å²) in [6, 6.07) is 8.73. The Labute approximate surface area is 187 Å². The second-order valence-electron chi connectivity index (χ2n) is 6.33. The molecule has 0 saturated heterocycles. The molecule has 5 aromatic rings. The van der Waals surface area contributed by atoms with Gasteiger partial charge in [0.15, 0.2) is 17.3 Å². The molecule has 0 aliphatic heterocycles. The van der Waals surface area contributed by atoms with Crippen LogP contribution < -0.4 is 16.3 Å². The molecule has 0 amide bonds. The quantitative estimate of drug-likeness (QED) is 0.371. The van der Waals surface area contributed by atoms with E-state index < -0.39 is 0 Å². The van der Waals surface area contributed by atoms with Crippen LogP contribution in [-0.4, -0.2) is 34.6 Å². The SMILES string of the molecule is CC.O=c1c2c(Cl)cccc2nc(CNc2ncnc3nc[nH]c23)n1Nc1cccnc1. The lowest BCUT2D eigenvalue weighted by Crippen LogP contribution is -2.32. The van der Waals surface area contributed by atoms with E-state index in [0.717, 1.165) is 0 Å². The van der Waals surface area contributed by atoms with Crippen LogP contribution in [-0.2, 0) is 6.54 Å². The molecule has 0 atom stereocenters. The third-order valence-electron chi connectivity index (χ3n) is 4.46. The van der Waals surface area contributed by atoms with Gasteiger partial charge in [0.2, 0.25) is 0 Å². The minimum absolute atomic E-state index is 0.204. The van der Waals surface area contributed by atoms with Gasteiger partial charge in [-0.25, -0.2) is 24.6 Å². The van der Waals surface area contributed by atoms with Crippen molar-refractivity contribution in [1.82, 2.24) is 34.6 Å². The van der Waals surface area contributed by atoms with Gasteiger partial charge in [-0.15, -0.1) is 0 Å². The first-order valence-corrected chi connectivity index (χ1v) is 10.3. The number of nitrogens with zero attached hydrogens (tertiary/aromatic N) is 6. The maximum atomic E-state index is 13.2. The van der Waals surface area contributed by atoms with Gasteiger partial charge in [0.25, 0.3) is 5.56 Å². The smallest absolute Gasteiger partial charge is 0.281 e. The van der Waals surface area contributed by atoms with Crippen molar-refractivity contribution in [3.8, 4) is 0 Å². The number of aromatic nitrogens is 7. The molecule has 0 saturated carbocycles. The largest absolute Gasteiger partial charge is 0.361 e. The molecular weight excluding hydrogens is 430 g/mol. The van der Waals surface area contributed by atoms with Gasteiger partial charge in [-0.05, 0) is 24.3 Å². The summed E-state index contributed by atoms with van der Waals surface area (Å²) in [7, 11) is 0. The van der Waals surface area contributed by atoms with Gasteiger partial charge in [0, 0.05) is 6.20 Å². The van der Waals surface area contributed by atoms with Crippen LogP contribution in [0.2, 0.25) is 5.02 Å². The summed E-state index contributed by atoms with van der Waals surface area (Å²) in [6.45, 7) is 4.20. The van der Waals surface area contributed by atoms with E-state index in [2.05, 4.69) is 40.6 Å². The fourth-order valence-electron chi connectivity index (χ4n) is 3.09. The highest BCUT2D eigenvalue weighted by atomic mass is 35.5. The van der Waals surface area contributed by atoms with Gasteiger partial charge in [0.1, 0.15) is 11.8 Å². The maximum absolute atomic E-state index is 13.2. The number of hydrogen-bond donors (Lipinski definition) is 3. The van der Waals surface area contributed by atoms with E-state index in [1.165, 1.54) is 11.0 Å². The van der Waals surface area contributed by atoms with Crippen LogP contribution in [0.1, 0.15) is 19.7 Å². The molecule has 0 fully saturated rings. The molecule has 0 bridgehead atoms. The Morgan fingerprint density at radius 2 is 2.00 bits per heavy atom. The number of pyridine rings is 1. The van der Waals surface area contributed by atoms with E-state index in [9.17, 15) is 4.79 Å². The number of nitrogens with one attached hydrogen (secondary N) is 3. The summed E-state index contributed by atoms with van der Waals surface area (Å²) < 4.78 is 1.35. The third kappa shape index (κ3) is 4.08. The first-order valence-electron chi connectivity index (χ1n) is 9.96. The number of rotatable bonds is 5. The molecule has 4 heterocycles. The number of aromatic amines is 1. The number of H-pyrrole nitrogens is 1. The predicted octanol–water partition coefficient (Wildman–Crippen LogP) is 3.62. The number of benzene rings is 1. The standard InChI is InChI=1S/C19H14ClN9O.C2H6/c20-12-4-1-5-13-15(12)19(30)29(28-11-3-2-6-21-7-11)14(27-13)8-22-17-16-18(24-9-23-16)26-10-25-17;1-2/h1-7,9-10,28H,8H2,(H2,22,23,24,25,26);1-2H3. The van der Waals surface area contributed by atoms with Gasteiger partial charge in [-0.2, -0.15) is 0 Å². The minimum Gasteiger partial charge on any atom is -0.361 e. The number of hydrogen-bond acceptors (Lipinski definition) is 8. The molecule has 3 N–H and O–H groups in total. The molecule has 5 rings (SSSR count). The van der Waals surface area contributed by atoms with Gasteiger partial charge in [0.05, 0.1) is 40.7 Å². The number of halogens is 1. The average molecular weight is 450 g/mol. The molecule has 1 aromatic carbocycles. The van der Waals surface area contributed by atoms with E-state index in [-0.39, 0.29) is 12.1 Å². The fourth-order valence-corrected chi connectivity index (χ4v) is 3.34. The first kappa shape index (κ1) is 21.2.